The number of ether oxygens (including phenoxy) is 2. The molecule has 3 rings (SSSR count). The van der Waals surface area contributed by atoms with Gasteiger partial charge in [0.2, 0.25) is 0 Å². The Kier molecular flexibility index (Phi) is 5.07. The summed E-state index contributed by atoms with van der Waals surface area (Å²) >= 11 is 0. The largest absolute Gasteiger partial charge is 0.504 e. The molecule has 0 radical (unpaired) electrons. The topological polar surface area (TPSA) is 95.9 Å². The minimum absolute atomic E-state index is 0.0570. The van der Waals surface area contributed by atoms with Gasteiger partial charge in [0.25, 0.3) is 5.91 Å². The minimum Gasteiger partial charge on any atom is -0.504 e. The van der Waals surface area contributed by atoms with E-state index in [1.54, 1.807) is 25.3 Å². The van der Waals surface area contributed by atoms with Gasteiger partial charge in [0.05, 0.1) is 19.9 Å². The number of hydrazone groups is 1. The number of benzene rings is 2. The van der Waals surface area contributed by atoms with E-state index in [9.17, 15) is 9.90 Å². The van der Waals surface area contributed by atoms with Gasteiger partial charge in [-0.15, -0.1) is 0 Å². The van der Waals surface area contributed by atoms with E-state index in [4.69, 9.17) is 9.47 Å². The normalized spacial score (nSPS) is 11.0. The maximum absolute atomic E-state index is 12.2. The van der Waals surface area contributed by atoms with Gasteiger partial charge in [0, 0.05) is 17.0 Å². The Hall–Kier alpha value is -3.48. The quantitative estimate of drug-likeness (QED) is 0.469. The van der Waals surface area contributed by atoms with Crippen LogP contribution in [0, 0.1) is 0 Å². The molecule has 26 heavy (non-hydrogen) atoms. The Bertz CT molecular complexity index is 963. The SMILES string of the molecule is CCOc1cc(/C=N/NC(=O)c2cc3ccc(OC)cc3[nH]2)ccc1O. The highest BCUT2D eigenvalue weighted by molar-refractivity contribution is 5.98. The minimum atomic E-state index is -0.361. The molecule has 7 nitrogen and oxygen atoms in total. The van der Waals surface area contributed by atoms with Gasteiger partial charge in [-0.25, -0.2) is 5.43 Å². The molecular weight excluding hydrogens is 334 g/mol. The van der Waals surface area contributed by atoms with Gasteiger partial charge in [0.1, 0.15) is 11.4 Å². The summed E-state index contributed by atoms with van der Waals surface area (Å²) in [7, 11) is 1.59. The average Bonchev–Trinajstić information content (AvgIpc) is 3.07. The van der Waals surface area contributed by atoms with Crippen LogP contribution < -0.4 is 14.9 Å². The maximum Gasteiger partial charge on any atom is 0.287 e. The number of aromatic amines is 1. The van der Waals surface area contributed by atoms with Gasteiger partial charge in [-0.05, 0) is 48.9 Å². The van der Waals surface area contributed by atoms with Gasteiger partial charge in [-0.3, -0.25) is 4.79 Å². The molecule has 0 saturated heterocycles. The molecule has 3 N–H and O–H groups in total. The first-order valence-corrected chi connectivity index (χ1v) is 8.06. The van der Waals surface area contributed by atoms with E-state index >= 15 is 0 Å². The molecule has 0 spiro atoms. The van der Waals surface area contributed by atoms with Crippen molar-refractivity contribution in [2.75, 3.05) is 13.7 Å². The van der Waals surface area contributed by atoms with Gasteiger partial charge in [0.15, 0.2) is 11.5 Å². The lowest BCUT2D eigenvalue weighted by atomic mass is 10.2. The third kappa shape index (κ3) is 3.77. The summed E-state index contributed by atoms with van der Waals surface area (Å²) in [4.78, 5) is 15.3. The molecule has 1 amide bonds. The molecule has 1 aromatic heterocycles. The molecule has 7 heteroatoms. The van der Waals surface area contributed by atoms with E-state index in [1.165, 1.54) is 12.3 Å². The molecule has 0 aliphatic carbocycles. The summed E-state index contributed by atoms with van der Waals surface area (Å²) in [5, 5.41) is 14.5. The van der Waals surface area contributed by atoms with Crippen LogP contribution in [0.2, 0.25) is 0 Å². The first-order chi connectivity index (χ1) is 12.6. The van der Waals surface area contributed by atoms with E-state index in [2.05, 4.69) is 15.5 Å². The summed E-state index contributed by atoms with van der Waals surface area (Å²) in [6.07, 6.45) is 1.48. The van der Waals surface area contributed by atoms with Gasteiger partial charge in [-0.1, -0.05) is 0 Å². The van der Waals surface area contributed by atoms with Crippen molar-refractivity contribution in [3.8, 4) is 17.2 Å². The number of hydrogen-bond acceptors (Lipinski definition) is 5. The van der Waals surface area contributed by atoms with Crippen molar-refractivity contribution in [2.45, 2.75) is 6.92 Å². The Labute approximate surface area is 150 Å². The third-order valence-corrected chi connectivity index (χ3v) is 3.74. The zero-order valence-corrected chi connectivity index (χ0v) is 14.4. The lowest BCUT2D eigenvalue weighted by molar-refractivity contribution is 0.0951. The van der Waals surface area contributed by atoms with Crippen LogP contribution in [0.5, 0.6) is 17.2 Å². The highest BCUT2D eigenvalue weighted by atomic mass is 16.5. The van der Waals surface area contributed by atoms with Crippen LogP contribution in [-0.4, -0.2) is 35.9 Å². The van der Waals surface area contributed by atoms with Crippen molar-refractivity contribution in [1.82, 2.24) is 10.4 Å². The number of hydrogen-bond donors (Lipinski definition) is 3. The fraction of sp³-hybridized carbons (Fsp3) is 0.158. The van der Waals surface area contributed by atoms with Crippen molar-refractivity contribution in [1.29, 1.82) is 0 Å². The molecule has 0 aliphatic heterocycles. The first-order valence-electron chi connectivity index (χ1n) is 8.06. The highest BCUT2D eigenvalue weighted by Gasteiger charge is 2.09. The number of phenolic OH excluding ortho intramolecular Hbond substituents is 1. The van der Waals surface area contributed by atoms with Crippen LogP contribution in [0.4, 0.5) is 0 Å². The standard InChI is InChI=1S/C19H19N3O4/c1-3-26-18-8-12(4-7-17(18)23)11-20-22-19(24)16-9-13-5-6-14(25-2)10-15(13)21-16/h4-11,21,23H,3H2,1-2H3,(H,22,24)/b20-11+. The summed E-state index contributed by atoms with van der Waals surface area (Å²) in [5.41, 5.74) is 4.35. The van der Waals surface area contributed by atoms with E-state index < -0.39 is 0 Å². The zero-order valence-electron chi connectivity index (χ0n) is 14.4. The lowest BCUT2D eigenvalue weighted by Gasteiger charge is -2.05. The molecule has 0 bridgehead atoms. The predicted octanol–water partition coefficient (Wildman–Crippen LogP) is 3.04. The molecule has 0 unspecified atom stereocenters. The second-order valence-electron chi connectivity index (χ2n) is 5.50. The number of carbonyl (C=O) groups is 1. The lowest BCUT2D eigenvalue weighted by Crippen LogP contribution is -2.17. The van der Waals surface area contributed by atoms with Crippen molar-refractivity contribution in [3.05, 3.63) is 53.7 Å². The molecule has 0 aliphatic rings. The number of aromatic nitrogens is 1. The number of H-pyrrole nitrogens is 1. The fourth-order valence-corrected chi connectivity index (χ4v) is 2.46. The van der Waals surface area contributed by atoms with E-state index in [0.29, 0.717) is 29.4 Å². The van der Waals surface area contributed by atoms with Crippen LogP contribution in [0.25, 0.3) is 10.9 Å². The number of nitrogens with one attached hydrogen (secondary N) is 2. The summed E-state index contributed by atoms with van der Waals surface area (Å²) in [6, 6.07) is 12.1. The van der Waals surface area contributed by atoms with Crippen molar-refractivity contribution in [2.24, 2.45) is 5.10 Å². The number of fused-ring (bicyclic) bond motifs is 1. The second kappa shape index (κ2) is 7.60. The van der Waals surface area contributed by atoms with Crippen LogP contribution in [0.3, 0.4) is 0 Å². The number of nitrogens with zero attached hydrogens (tertiary/aromatic N) is 1. The van der Waals surface area contributed by atoms with Gasteiger partial charge >= 0.3 is 0 Å². The van der Waals surface area contributed by atoms with Crippen LogP contribution >= 0.6 is 0 Å². The Morgan fingerprint density at radius 1 is 1.27 bits per heavy atom. The molecule has 0 saturated carbocycles. The number of carbonyl (C=O) groups excluding carboxylic acids is 1. The maximum atomic E-state index is 12.2. The Morgan fingerprint density at radius 3 is 2.88 bits per heavy atom. The van der Waals surface area contributed by atoms with Crippen molar-refractivity contribution in [3.63, 3.8) is 0 Å². The molecule has 3 aromatic rings. The van der Waals surface area contributed by atoms with Gasteiger partial charge < -0.3 is 19.6 Å². The smallest absolute Gasteiger partial charge is 0.287 e. The highest BCUT2D eigenvalue weighted by Crippen LogP contribution is 2.26. The van der Waals surface area contributed by atoms with Crippen LogP contribution in [0.1, 0.15) is 23.0 Å². The second-order valence-corrected chi connectivity index (χ2v) is 5.50. The van der Waals surface area contributed by atoms with E-state index in [0.717, 1.165) is 10.9 Å². The third-order valence-electron chi connectivity index (χ3n) is 3.74. The molecular formula is C19H19N3O4. The molecule has 134 valence electrons. The predicted molar refractivity (Wildman–Crippen MR) is 99.2 cm³/mol. The summed E-state index contributed by atoms with van der Waals surface area (Å²) in [6.45, 7) is 2.27. The summed E-state index contributed by atoms with van der Waals surface area (Å²) in [5.74, 6) is 0.774. The van der Waals surface area contributed by atoms with E-state index in [1.807, 2.05) is 25.1 Å². The monoisotopic (exact) mass is 353 g/mol. The number of rotatable bonds is 6. The number of phenols is 1. The molecule has 1 heterocycles. The number of aromatic hydroxyl groups is 1. The zero-order chi connectivity index (χ0) is 18.5. The van der Waals surface area contributed by atoms with Crippen molar-refractivity contribution >= 4 is 23.0 Å². The first kappa shape index (κ1) is 17.3. The Balaban J connectivity index is 1.70. The number of amides is 1. The van der Waals surface area contributed by atoms with Crippen LogP contribution in [0.15, 0.2) is 47.6 Å². The van der Waals surface area contributed by atoms with E-state index in [-0.39, 0.29) is 11.7 Å². The van der Waals surface area contributed by atoms with Crippen LogP contribution in [-0.2, 0) is 0 Å². The molecule has 0 atom stereocenters. The summed E-state index contributed by atoms with van der Waals surface area (Å²) < 4.78 is 10.5. The molecule has 2 aromatic carbocycles. The molecule has 0 fully saturated rings. The fourth-order valence-electron chi connectivity index (χ4n) is 2.46. The van der Waals surface area contributed by atoms with Crippen molar-refractivity contribution < 1.29 is 19.4 Å². The Morgan fingerprint density at radius 2 is 2.12 bits per heavy atom. The number of methoxy groups -OCH3 is 1. The van der Waals surface area contributed by atoms with Gasteiger partial charge in [-0.2, -0.15) is 5.10 Å². The average molecular weight is 353 g/mol.